The number of nitro benzene ring substituents is 1. The Morgan fingerprint density at radius 2 is 1.69 bits per heavy atom. The molecule has 10 heteroatoms. The lowest BCUT2D eigenvalue weighted by atomic mass is 10.3. The van der Waals surface area contributed by atoms with E-state index in [1.165, 1.54) is 31.2 Å². The number of hydrogen-bond acceptors (Lipinski definition) is 7. The summed E-state index contributed by atoms with van der Waals surface area (Å²) in [7, 11) is -4.07. The number of unbranched alkanes of at least 4 members (excludes halogenated alkanes) is 1. The zero-order valence-electron chi connectivity index (χ0n) is 16.1. The van der Waals surface area contributed by atoms with E-state index in [0.717, 1.165) is 12.8 Å². The van der Waals surface area contributed by atoms with Gasteiger partial charge in [-0.1, -0.05) is 31.5 Å². The van der Waals surface area contributed by atoms with Gasteiger partial charge in [-0.25, -0.2) is 4.57 Å². The summed E-state index contributed by atoms with van der Waals surface area (Å²) in [5.74, 6) is -0.256. The van der Waals surface area contributed by atoms with Crippen LogP contribution in [0.2, 0.25) is 0 Å². The first kappa shape index (κ1) is 22.4. The Balaban J connectivity index is 2.17. The summed E-state index contributed by atoms with van der Waals surface area (Å²) in [6, 6.07) is 12.3. The third kappa shape index (κ3) is 7.21. The molecule has 156 valence electrons. The maximum atomic E-state index is 13.3. The van der Waals surface area contributed by atoms with Crippen LogP contribution < -0.4 is 14.1 Å². The van der Waals surface area contributed by atoms with Crippen molar-refractivity contribution in [2.75, 3.05) is 6.61 Å². The highest BCUT2D eigenvalue weighted by Crippen LogP contribution is 2.45. The number of hydrogen-bond donors (Lipinski definition) is 1. The summed E-state index contributed by atoms with van der Waals surface area (Å²) in [6.07, 6.45) is 1.59. The molecule has 2 aromatic rings. The fourth-order valence-electron chi connectivity index (χ4n) is 2.19. The van der Waals surface area contributed by atoms with E-state index in [1.807, 2.05) is 6.92 Å². The molecule has 0 aliphatic heterocycles. The van der Waals surface area contributed by atoms with Crippen molar-refractivity contribution in [3.63, 3.8) is 0 Å². The Hall–Kier alpha value is -2.90. The number of esters is 1. The van der Waals surface area contributed by atoms with Gasteiger partial charge in [0.1, 0.15) is 17.5 Å². The summed E-state index contributed by atoms with van der Waals surface area (Å²) in [5.41, 5.74) is -0.142. The average molecular weight is 422 g/mol. The van der Waals surface area contributed by atoms with Gasteiger partial charge in [0.05, 0.1) is 11.5 Å². The van der Waals surface area contributed by atoms with Crippen molar-refractivity contribution in [1.29, 1.82) is 0 Å². The monoisotopic (exact) mass is 422 g/mol. The fourth-order valence-corrected chi connectivity index (χ4v) is 3.71. The molecule has 2 rings (SSSR count). The standard InChI is InChI=1S/C19H23N2O7P/c1-3-4-14-26-19(22)15(2)20-29(25,27-17-8-6-5-7-9-17)28-18-12-10-16(11-13-18)21(23)24/h5-13,15H,3-4,14H2,1-2H3,(H,20,25)/t15-,29+/m1/s1. The van der Waals surface area contributed by atoms with Crippen LogP contribution in [0, 0.1) is 10.1 Å². The highest BCUT2D eigenvalue weighted by atomic mass is 31.2. The molecule has 29 heavy (non-hydrogen) atoms. The van der Waals surface area contributed by atoms with E-state index in [-0.39, 0.29) is 23.8 Å². The third-order valence-electron chi connectivity index (χ3n) is 3.69. The van der Waals surface area contributed by atoms with Gasteiger partial charge in [0.2, 0.25) is 0 Å². The molecule has 0 bridgehead atoms. The summed E-state index contributed by atoms with van der Waals surface area (Å²) >= 11 is 0. The Morgan fingerprint density at radius 3 is 2.24 bits per heavy atom. The van der Waals surface area contributed by atoms with Crippen LogP contribution in [-0.4, -0.2) is 23.5 Å². The van der Waals surface area contributed by atoms with Gasteiger partial charge in [0.15, 0.2) is 0 Å². The largest absolute Gasteiger partial charge is 0.513 e. The van der Waals surface area contributed by atoms with Crippen LogP contribution in [-0.2, 0) is 14.1 Å². The number of benzene rings is 2. The van der Waals surface area contributed by atoms with Crippen LogP contribution in [0.1, 0.15) is 26.7 Å². The maximum absolute atomic E-state index is 13.3. The molecular weight excluding hydrogens is 399 g/mol. The quantitative estimate of drug-likeness (QED) is 0.185. The van der Waals surface area contributed by atoms with E-state index in [4.69, 9.17) is 13.8 Å². The van der Waals surface area contributed by atoms with Crippen LogP contribution in [0.15, 0.2) is 54.6 Å². The second-order valence-electron chi connectivity index (χ2n) is 6.12. The normalized spacial score (nSPS) is 13.7. The molecular formula is C19H23N2O7P. The van der Waals surface area contributed by atoms with Crippen molar-refractivity contribution >= 4 is 19.4 Å². The first-order valence-corrected chi connectivity index (χ1v) is 10.6. The molecule has 0 saturated heterocycles. The summed E-state index contributed by atoms with van der Waals surface area (Å²) in [6.45, 7) is 3.71. The molecule has 2 aromatic carbocycles. The number of carbonyl (C=O) groups excluding carboxylic acids is 1. The van der Waals surface area contributed by atoms with E-state index in [1.54, 1.807) is 30.3 Å². The molecule has 0 aliphatic rings. The predicted octanol–water partition coefficient (Wildman–Crippen LogP) is 4.48. The lowest BCUT2D eigenvalue weighted by Crippen LogP contribution is -2.36. The van der Waals surface area contributed by atoms with E-state index in [0.29, 0.717) is 0 Å². The van der Waals surface area contributed by atoms with Crippen molar-refractivity contribution in [2.24, 2.45) is 0 Å². The average Bonchev–Trinajstić information content (AvgIpc) is 2.69. The molecule has 9 nitrogen and oxygen atoms in total. The fraction of sp³-hybridized carbons (Fsp3) is 0.316. The zero-order chi connectivity index (χ0) is 21.3. The van der Waals surface area contributed by atoms with Crippen molar-refractivity contribution in [1.82, 2.24) is 5.09 Å². The molecule has 1 N–H and O–H groups in total. The maximum Gasteiger partial charge on any atom is 0.513 e. The van der Waals surface area contributed by atoms with Crippen LogP contribution in [0.25, 0.3) is 0 Å². The Kier molecular flexibility index (Phi) is 8.18. The summed E-state index contributed by atoms with van der Waals surface area (Å²) in [5, 5.41) is 13.3. The Bertz CT molecular complexity index is 859. The minimum atomic E-state index is -4.07. The minimum absolute atomic E-state index is 0.0777. The van der Waals surface area contributed by atoms with Crippen molar-refractivity contribution in [3.8, 4) is 11.5 Å². The van der Waals surface area contributed by atoms with Crippen molar-refractivity contribution in [3.05, 3.63) is 64.7 Å². The van der Waals surface area contributed by atoms with Gasteiger partial charge < -0.3 is 13.8 Å². The van der Waals surface area contributed by atoms with Crippen molar-refractivity contribution < 1.29 is 28.1 Å². The molecule has 0 spiro atoms. The summed E-state index contributed by atoms with van der Waals surface area (Å²) < 4.78 is 29.4. The highest BCUT2D eigenvalue weighted by molar-refractivity contribution is 7.52. The van der Waals surface area contributed by atoms with Crippen LogP contribution in [0.5, 0.6) is 11.5 Å². The van der Waals surface area contributed by atoms with Gasteiger partial charge in [-0.3, -0.25) is 14.9 Å². The predicted molar refractivity (Wildman–Crippen MR) is 107 cm³/mol. The first-order chi connectivity index (χ1) is 13.8. The van der Waals surface area contributed by atoms with Crippen molar-refractivity contribution in [2.45, 2.75) is 32.7 Å². The number of carbonyl (C=O) groups is 1. The number of para-hydroxylation sites is 1. The Morgan fingerprint density at radius 1 is 1.10 bits per heavy atom. The number of nitro groups is 1. The van der Waals surface area contributed by atoms with E-state index >= 15 is 0 Å². The van der Waals surface area contributed by atoms with Crippen LogP contribution in [0.3, 0.4) is 0 Å². The molecule has 0 radical (unpaired) electrons. The van der Waals surface area contributed by atoms with Gasteiger partial charge in [0, 0.05) is 12.1 Å². The van der Waals surface area contributed by atoms with Gasteiger partial charge >= 0.3 is 13.7 Å². The zero-order valence-corrected chi connectivity index (χ0v) is 17.0. The second-order valence-corrected chi connectivity index (χ2v) is 7.73. The highest BCUT2D eigenvalue weighted by Gasteiger charge is 2.33. The molecule has 2 atom stereocenters. The number of ether oxygens (including phenoxy) is 1. The van der Waals surface area contributed by atoms with Gasteiger partial charge in [-0.05, 0) is 37.6 Å². The lowest BCUT2D eigenvalue weighted by molar-refractivity contribution is -0.384. The number of rotatable bonds is 11. The van der Waals surface area contributed by atoms with Crippen LogP contribution >= 0.6 is 7.75 Å². The van der Waals surface area contributed by atoms with Gasteiger partial charge in [-0.15, -0.1) is 0 Å². The number of nitrogens with one attached hydrogen (secondary N) is 1. The minimum Gasteiger partial charge on any atom is -0.465 e. The molecule has 0 heterocycles. The lowest BCUT2D eigenvalue weighted by Gasteiger charge is -2.23. The van der Waals surface area contributed by atoms with Gasteiger partial charge in [0.25, 0.3) is 5.69 Å². The van der Waals surface area contributed by atoms with Gasteiger partial charge in [-0.2, -0.15) is 5.09 Å². The number of nitrogens with zero attached hydrogens (tertiary/aromatic N) is 1. The SMILES string of the molecule is CCCCOC(=O)[C@@H](C)N[P@](=O)(Oc1ccccc1)Oc1ccc([N+](=O)[O-])cc1. The summed E-state index contributed by atoms with van der Waals surface area (Å²) in [4.78, 5) is 22.4. The Labute approximate surface area is 168 Å². The third-order valence-corrected chi connectivity index (χ3v) is 5.30. The topological polar surface area (TPSA) is 117 Å². The van der Waals surface area contributed by atoms with E-state index in [9.17, 15) is 19.5 Å². The molecule has 0 unspecified atom stereocenters. The first-order valence-electron chi connectivity index (χ1n) is 9.06. The molecule has 0 saturated carbocycles. The number of non-ortho nitro benzene ring substituents is 1. The smallest absolute Gasteiger partial charge is 0.465 e. The molecule has 0 aliphatic carbocycles. The molecule has 0 amide bonds. The second kappa shape index (κ2) is 10.6. The molecule has 0 aromatic heterocycles. The van der Waals surface area contributed by atoms with E-state index in [2.05, 4.69) is 5.09 Å². The van der Waals surface area contributed by atoms with Crippen LogP contribution in [0.4, 0.5) is 5.69 Å². The molecule has 0 fully saturated rings. The van der Waals surface area contributed by atoms with E-state index < -0.39 is 24.7 Å².